The minimum Gasteiger partial charge on any atom is -0.389 e. The highest BCUT2D eigenvalue weighted by molar-refractivity contribution is 7.16. The first kappa shape index (κ1) is 13.3. The van der Waals surface area contributed by atoms with Crippen LogP contribution in [0.5, 0.6) is 0 Å². The van der Waals surface area contributed by atoms with Crippen molar-refractivity contribution < 1.29 is 4.39 Å². The number of hydrogen-bond donors (Lipinski definition) is 1. The summed E-state index contributed by atoms with van der Waals surface area (Å²) in [6.07, 6.45) is 0. The lowest BCUT2D eigenvalue weighted by molar-refractivity contribution is 0.586. The van der Waals surface area contributed by atoms with Crippen molar-refractivity contribution in [3.63, 3.8) is 0 Å². The SMILES string of the molecule is CC(C)(C)c1nc(-c2cc(F)cc(Cl)c2)c(N)s1. The van der Waals surface area contributed by atoms with Crippen molar-refractivity contribution >= 4 is 27.9 Å². The Kier molecular flexibility index (Phi) is 3.34. The molecule has 0 aliphatic carbocycles. The molecular formula is C13H14ClFN2S. The summed E-state index contributed by atoms with van der Waals surface area (Å²) >= 11 is 7.27. The highest BCUT2D eigenvalue weighted by atomic mass is 35.5. The van der Waals surface area contributed by atoms with Gasteiger partial charge >= 0.3 is 0 Å². The molecule has 2 aromatic rings. The second-order valence-corrected chi connectivity index (χ2v) is 6.61. The summed E-state index contributed by atoms with van der Waals surface area (Å²) in [5.41, 5.74) is 7.10. The molecule has 1 aromatic heterocycles. The first-order chi connectivity index (χ1) is 8.27. The van der Waals surface area contributed by atoms with Crippen LogP contribution in [0.15, 0.2) is 18.2 Å². The molecule has 96 valence electrons. The summed E-state index contributed by atoms with van der Waals surface area (Å²) in [7, 11) is 0. The van der Waals surface area contributed by atoms with Crippen LogP contribution in [0, 0.1) is 5.82 Å². The molecule has 1 heterocycles. The van der Waals surface area contributed by atoms with Crippen LogP contribution in [-0.4, -0.2) is 4.98 Å². The van der Waals surface area contributed by atoms with Gasteiger partial charge in [-0.2, -0.15) is 0 Å². The molecule has 0 amide bonds. The normalized spacial score (nSPS) is 11.8. The number of rotatable bonds is 1. The maximum Gasteiger partial charge on any atom is 0.125 e. The van der Waals surface area contributed by atoms with Gasteiger partial charge in [-0.3, -0.25) is 0 Å². The van der Waals surface area contributed by atoms with E-state index in [-0.39, 0.29) is 11.2 Å². The largest absolute Gasteiger partial charge is 0.389 e. The zero-order valence-corrected chi connectivity index (χ0v) is 12.0. The molecule has 0 radical (unpaired) electrons. The van der Waals surface area contributed by atoms with Crippen LogP contribution in [0.3, 0.4) is 0 Å². The van der Waals surface area contributed by atoms with E-state index in [4.69, 9.17) is 17.3 Å². The summed E-state index contributed by atoms with van der Waals surface area (Å²) in [6, 6.07) is 4.32. The lowest BCUT2D eigenvalue weighted by Gasteiger charge is -2.13. The maximum absolute atomic E-state index is 13.3. The molecule has 0 aliphatic heterocycles. The molecule has 0 spiro atoms. The Balaban J connectivity index is 2.54. The van der Waals surface area contributed by atoms with E-state index in [2.05, 4.69) is 25.8 Å². The molecular weight excluding hydrogens is 271 g/mol. The first-order valence-electron chi connectivity index (χ1n) is 5.50. The van der Waals surface area contributed by atoms with Crippen LogP contribution in [0.2, 0.25) is 5.02 Å². The first-order valence-corrected chi connectivity index (χ1v) is 6.70. The number of benzene rings is 1. The van der Waals surface area contributed by atoms with E-state index in [1.165, 1.54) is 23.5 Å². The lowest BCUT2D eigenvalue weighted by atomic mass is 9.98. The number of nitrogens with two attached hydrogens (primary N) is 1. The summed E-state index contributed by atoms with van der Waals surface area (Å²) in [6.45, 7) is 6.19. The van der Waals surface area contributed by atoms with E-state index < -0.39 is 0 Å². The van der Waals surface area contributed by atoms with Crippen LogP contribution < -0.4 is 5.73 Å². The molecule has 0 fully saturated rings. The third-order valence-electron chi connectivity index (χ3n) is 2.43. The van der Waals surface area contributed by atoms with Crippen LogP contribution in [-0.2, 0) is 5.41 Å². The topological polar surface area (TPSA) is 38.9 Å². The predicted molar refractivity (Wildman–Crippen MR) is 75.6 cm³/mol. The van der Waals surface area contributed by atoms with Gasteiger partial charge in [-0.25, -0.2) is 9.37 Å². The number of anilines is 1. The van der Waals surface area contributed by atoms with Crippen molar-refractivity contribution in [3.05, 3.63) is 34.0 Å². The molecule has 0 unspecified atom stereocenters. The van der Waals surface area contributed by atoms with Gasteiger partial charge in [0.05, 0.1) is 0 Å². The van der Waals surface area contributed by atoms with E-state index in [1.807, 2.05) is 0 Å². The highest BCUT2D eigenvalue weighted by Crippen LogP contribution is 2.37. The third kappa shape index (κ3) is 2.65. The molecule has 2 nitrogen and oxygen atoms in total. The van der Waals surface area contributed by atoms with E-state index in [9.17, 15) is 4.39 Å². The molecule has 0 atom stereocenters. The molecule has 0 aliphatic rings. The Morgan fingerprint density at radius 2 is 1.94 bits per heavy atom. The fourth-order valence-corrected chi connectivity index (χ4v) is 2.68. The maximum atomic E-state index is 13.3. The molecule has 2 N–H and O–H groups in total. The van der Waals surface area contributed by atoms with E-state index in [1.54, 1.807) is 6.07 Å². The van der Waals surface area contributed by atoms with Crippen molar-refractivity contribution in [2.45, 2.75) is 26.2 Å². The number of halogens is 2. The van der Waals surface area contributed by atoms with Gasteiger partial charge in [0.1, 0.15) is 21.5 Å². The summed E-state index contributed by atoms with van der Waals surface area (Å²) in [4.78, 5) is 4.50. The number of nitrogen functional groups attached to an aromatic ring is 1. The zero-order chi connectivity index (χ0) is 13.5. The Hall–Kier alpha value is -1.13. The van der Waals surface area contributed by atoms with Crippen LogP contribution in [0.4, 0.5) is 9.39 Å². The van der Waals surface area contributed by atoms with Gasteiger partial charge in [0.25, 0.3) is 0 Å². The minimum atomic E-state index is -0.387. The van der Waals surface area contributed by atoms with E-state index >= 15 is 0 Å². The molecule has 0 bridgehead atoms. The Morgan fingerprint density at radius 3 is 2.44 bits per heavy atom. The predicted octanol–water partition coefficient (Wildman–Crippen LogP) is 4.48. The van der Waals surface area contributed by atoms with Gasteiger partial charge in [-0.1, -0.05) is 32.4 Å². The number of aromatic nitrogens is 1. The second kappa shape index (κ2) is 4.52. The average Bonchev–Trinajstić information content (AvgIpc) is 2.58. The molecule has 2 rings (SSSR count). The van der Waals surface area contributed by atoms with Gasteiger partial charge in [0, 0.05) is 16.0 Å². The van der Waals surface area contributed by atoms with E-state index in [0.717, 1.165) is 5.01 Å². The third-order valence-corrected chi connectivity index (χ3v) is 3.96. The van der Waals surface area contributed by atoms with Gasteiger partial charge in [-0.15, -0.1) is 11.3 Å². The van der Waals surface area contributed by atoms with Crippen molar-refractivity contribution in [1.82, 2.24) is 4.98 Å². The molecule has 5 heteroatoms. The molecule has 18 heavy (non-hydrogen) atoms. The summed E-state index contributed by atoms with van der Waals surface area (Å²) in [5, 5.41) is 1.85. The standard InChI is InChI=1S/C13H14ClFN2S/c1-13(2,3)12-17-10(11(16)18-12)7-4-8(14)6-9(15)5-7/h4-6H,16H2,1-3H3. The summed E-state index contributed by atoms with van der Waals surface area (Å²) < 4.78 is 13.3. The monoisotopic (exact) mass is 284 g/mol. The Bertz CT molecular complexity index is 567. The molecule has 0 saturated heterocycles. The average molecular weight is 285 g/mol. The second-order valence-electron chi connectivity index (χ2n) is 5.14. The van der Waals surface area contributed by atoms with Gasteiger partial charge < -0.3 is 5.73 Å². The van der Waals surface area contributed by atoms with Gasteiger partial charge in [0.2, 0.25) is 0 Å². The Morgan fingerprint density at radius 1 is 1.28 bits per heavy atom. The molecule has 1 aromatic carbocycles. The zero-order valence-electron chi connectivity index (χ0n) is 10.4. The van der Waals surface area contributed by atoms with Gasteiger partial charge in [-0.05, 0) is 18.2 Å². The fraction of sp³-hybridized carbons (Fsp3) is 0.308. The van der Waals surface area contributed by atoms with Gasteiger partial charge in [0.15, 0.2) is 0 Å². The lowest BCUT2D eigenvalue weighted by Crippen LogP contribution is -2.10. The van der Waals surface area contributed by atoms with Crippen molar-refractivity contribution in [3.8, 4) is 11.3 Å². The minimum absolute atomic E-state index is 0.0752. The Labute approximate surface area is 115 Å². The van der Waals surface area contributed by atoms with E-state index in [0.29, 0.717) is 21.3 Å². The van der Waals surface area contributed by atoms with Crippen LogP contribution in [0.25, 0.3) is 11.3 Å². The quantitative estimate of drug-likeness (QED) is 0.838. The van der Waals surface area contributed by atoms with Crippen molar-refractivity contribution in [1.29, 1.82) is 0 Å². The number of hydrogen-bond acceptors (Lipinski definition) is 3. The smallest absolute Gasteiger partial charge is 0.125 e. The van der Waals surface area contributed by atoms with Crippen molar-refractivity contribution in [2.24, 2.45) is 0 Å². The number of nitrogens with zero attached hydrogens (tertiary/aromatic N) is 1. The number of thiazole rings is 1. The molecule has 0 saturated carbocycles. The fourth-order valence-electron chi connectivity index (χ4n) is 1.55. The highest BCUT2D eigenvalue weighted by Gasteiger charge is 2.21. The van der Waals surface area contributed by atoms with Crippen LogP contribution in [0.1, 0.15) is 25.8 Å². The summed E-state index contributed by atoms with van der Waals surface area (Å²) in [5.74, 6) is -0.387. The van der Waals surface area contributed by atoms with Crippen molar-refractivity contribution in [2.75, 3.05) is 5.73 Å². The van der Waals surface area contributed by atoms with Crippen LogP contribution >= 0.6 is 22.9 Å².